The van der Waals surface area contributed by atoms with Crippen molar-refractivity contribution in [3.63, 3.8) is 0 Å². The Hall–Kier alpha value is -3.45. The molecule has 0 aliphatic rings. The molecule has 0 aliphatic heterocycles. The van der Waals surface area contributed by atoms with E-state index in [0.717, 1.165) is 22.0 Å². The van der Waals surface area contributed by atoms with Gasteiger partial charge in [-0.25, -0.2) is 4.98 Å². The quantitative estimate of drug-likeness (QED) is 0.293. The molecule has 6 nitrogen and oxygen atoms in total. The average molecular weight is 506 g/mol. The third-order valence-electron chi connectivity index (χ3n) is 5.25. The molecule has 0 saturated heterocycles. The molecule has 0 amide bonds. The summed E-state index contributed by atoms with van der Waals surface area (Å²) in [5.74, 6) is 1.69. The van der Waals surface area contributed by atoms with Crippen LogP contribution in [0.25, 0.3) is 22.3 Å². The Bertz CT molecular complexity index is 1370. The molecule has 0 spiro atoms. The summed E-state index contributed by atoms with van der Waals surface area (Å²) in [6, 6.07) is 20.5. The molecule has 1 aromatic heterocycles. The lowest BCUT2D eigenvalue weighted by Gasteiger charge is -2.17. The zero-order chi connectivity index (χ0) is 23.4. The van der Waals surface area contributed by atoms with Crippen LogP contribution < -0.4 is 15.0 Å². The van der Waals surface area contributed by atoms with Gasteiger partial charge in [0.15, 0.2) is 17.3 Å². The molecular weight excluding hydrogens is 482 g/mol. The van der Waals surface area contributed by atoms with Gasteiger partial charge in [0.05, 0.1) is 34.8 Å². The van der Waals surface area contributed by atoms with Crippen LogP contribution >= 0.6 is 15.9 Å². The van der Waals surface area contributed by atoms with Gasteiger partial charge in [-0.3, -0.25) is 4.79 Å². The molecule has 0 unspecified atom stereocenters. The molecule has 0 saturated carbocycles. The van der Waals surface area contributed by atoms with Crippen LogP contribution in [0.2, 0.25) is 0 Å². The van der Waals surface area contributed by atoms with E-state index in [9.17, 15) is 4.79 Å². The third-order valence-corrected chi connectivity index (χ3v) is 5.84. The lowest BCUT2D eigenvalue weighted by atomic mass is 10.2. The number of aromatic nitrogens is 2. The van der Waals surface area contributed by atoms with E-state index in [2.05, 4.69) is 28.0 Å². The summed E-state index contributed by atoms with van der Waals surface area (Å²) in [4.78, 5) is 18.0. The summed E-state index contributed by atoms with van der Waals surface area (Å²) in [7, 11) is 1.59. The van der Waals surface area contributed by atoms with Gasteiger partial charge < -0.3 is 9.47 Å². The number of methoxy groups -OCH3 is 1. The van der Waals surface area contributed by atoms with Crippen molar-refractivity contribution in [1.82, 2.24) is 9.66 Å². The minimum Gasteiger partial charge on any atom is -0.493 e. The fourth-order valence-electron chi connectivity index (χ4n) is 3.34. The van der Waals surface area contributed by atoms with Crippen LogP contribution in [-0.4, -0.2) is 29.1 Å². The monoisotopic (exact) mass is 505 g/mol. The topological polar surface area (TPSA) is 65.7 Å². The molecule has 7 heteroatoms. The number of hydrogen-bond acceptors (Lipinski definition) is 5. The molecule has 0 aliphatic carbocycles. The summed E-state index contributed by atoms with van der Waals surface area (Å²) in [6.07, 6.45) is 2.54. The molecule has 1 atom stereocenters. The number of halogens is 1. The second-order valence-corrected chi connectivity index (χ2v) is 8.41. The summed E-state index contributed by atoms with van der Waals surface area (Å²) in [6.45, 7) is 4.07. The Balaban J connectivity index is 1.82. The van der Waals surface area contributed by atoms with E-state index >= 15 is 0 Å². The minimum atomic E-state index is -0.238. The van der Waals surface area contributed by atoms with Crippen LogP contribution in [-0.2, 0) is 0 Å². The van der Waals surface area contributed by atoms with E-state index in [-0.39, 0.29) is 11.7 Å². The van der Waals surface area contributed by atoms with Crippen molar-refractivity contribution in [1.29, 1.82) is 0 Å². The maximum atomic E-state index is 13.3. The average Bonchev–Trinajstić information content (AvgIpc) is 2.85. The van der Waals surface area contributed by atoms with Crippen LogP contribution in [0.4, 0.5) is 0 Å². The highest BCUT2D eigenvalue weighted by Gasteiger charge is 2.15. The van der Waals surface area contributed by atoms with Gasteiger partial charge >= 0.3 is 0 Å². The Kier molecular flexibility index (Phi) is 6.89. The van der Waals surface area contributed by atoms with Crippen molar-refractivity contribution < 1.29 is 9.47 Å². The Morgan fingerprint density at radius 2 is 1.85 bits per heavy atom. The number of fused-ring (bicyclic) bond motifs is 1. The number of ether oxygens (including phenoxy) is 2. The fraction of sp³-hybridized carbons (Fsp3) is 0.192. The van der Waals surface area contributed by atoms with Crippen molar-refractivity contribution in [2.75, 3.05) is 7.11 Å². The fourth-order valence-corrected chi connectivity index (χ4v) is 3.90. The van der Waals surface area contributed by atoms with Crippen molar-refractivity contribution in [2.24, 2.45) is 5.10 Å². The second-order valence-electron chi connectivity index (χ2n) is 7.55. The van der Waals surface area contributed by atoms with Crippen LogP contribution in [0.3, 0.4) is 0 Å². The van der Waals surface area contributed by atoms with E-state index in [1.54, 1.807) is 19.4 Å². The zero-order valence-corrected chi connectivity index (χ0v) is 20.2. The van der Waals surface area contributed by atoms with Gasteiger partial charge in [-0.15, -0.1) is 0 Å². The lowest BCUT2D eigenvalue weighted by Crippen LogP contribution is -2.20. The highest BCUT2D eigenvalue weighted by Crippen LogP contribution is 2.37. The molecular formula is C26H24BrN3O3. The van der Waals surface area contributed by atoms with E-state index < -0.39 is 0 Å². The summed E-state index contributed by atoms with van der Waals surface area (Å²) in [5, 5.41) is 5.03. The van der Waals surface area contributed by atoms with E-state index in [1.807, 2.05) is 67.6 Å². The van der Waals surface area contributed by atoms with Crippen molar-refractivity contribution in [2.45, 2.75) is 26.4 Å². The van der Waals surface area contributed by atoms with Crippen molar-refractivity contribution in [3.05, 3.63) is 87.1 Å². The Morgan fingerprint density at radius 3 is 2.58 bits per heavy atom. The molecule has 0 fully saturated rings. The number of nitrogens with zero attached hydrogens (tertiary/aromatic N) is 3. The molecule has 3 aromatic carbocycles. The largest absolute Gasteiger partial charge is 0.493 e. The zero-order valence-electron chi connectivity index (χ0n) is 18.7. The minimum absolute atomic E-state index is 0.0467. The summed E-state index contributed by atoms with van der Waals surface area (Å²) in [5.41, 5.74) is 1.94. The normalized spacial score (nSPS) is 12.2. The highest BCUT2D eigenvalue weighted by molar-refractivity contribution is 9.10. The van der Waals surface area contributed by atoms with E-state index in [1.165, 1.54) is 4.68 Å². The van der Waals surface area contributed by atoms with E-state index in [4.69, 9.17) is 14.5 Å². The number of para-hydroxylation sites is 1. The second kappa shape index (κ2) is 10.0. The van der Waals surface area contributed by atoms with Crippen LogP contribution in [0.15, 0.2) is 81.1 Å². The first-order valence-corrected chi connectivity index (χ1v) is 11.5. The maximum Gasteiger partial charge on any atom is 0.282 e. The van der Waals surface area contributed by atoms with Crippen LogP contribution in [0.5, 0.6) is 11.5 Å². The lowest BCUT2D eigenvalue weighted by molar-refractivity contribution is 0.206. The predicted molar refractivity (Wildman–Crippen MR) is 136 cm³/mol. The smallest absolute Gasteiger partial charge is 0.282 e. The van der Waals surface area contributed by atoms with Gasteiger partial charge in [-0.2, -0.15) is 9.78 Å². The molecule has 0 N–H and O–H groups in total. The van der Waals surface area contributed by atoms with Gasteiger partial charge in [0.2, 0.25) is 0 Å². The number of hydrogen-bond donors (Lipinski definition) is 0. The predicted octanol–water partition coefficient (Wildman–Crippen LogP) is 5.89. The molecule has 1 heterocycles. The van der Waals surface area contributed by atoms with Crippen molar-refractivity contribution >= 4 is 33.0 Å². The van der Waals surface area contributed by atoms with Gasteiger partial charge in [0, 0.05) is 5.56 Å². The van der Waals surface area contributed by atoms with Crippen molar-refractivity contribution in [3.8, 4) is 22.9 Å². The molecule has 33 heavy (non-hydrogen) atoms. The maximum absolute atomic E-state index is 13.3. The standard InChI is InChI=1S/C26H24BrN3O3/c1-4-17(2)33-24-21(27)14-18(15-23(24)32-3)16-28-30-25(19-10-6-5-7-11-19)29-22-13-9-8-12-20(22)26(30)31/h5-17H,4H2,1-3H3/t17-/m1/s1. The molecule has 4 aromatic rings. The number of benzene rings is 3. The SMILES string of the molecule is CC[C@@H](C)Oc1c(Br)cc(C=Nn2c(-c3ccccc3)nc3ccccc3c2=O)cc1OC. The van der Waals surface area contributed by atoms with Gasteiger partial charge in [-0.05, 0) is 59.1 Å². The van der Waals surface area contributed by atoms with Gasteiger partial charge in [0.25, 0.3) is 5.56 Å². The van der Waals surface area contributed by atoms with Crippen LogP contribution in [0.1, 0.15) is 25.8 Å². The first kappa shape index (κ1) is 22.7. The molecule has 0 bridgehead atoms. The summed E-state index contributed by atoms with van der Waals surface area (Å²) >= 11 is 3.57. The first-order valence-electron chi connectivity index (χ1n) is 10.7. The number of rotatable bonds is 7. The third kappa shape index (κ3) is 4.83. The Morgan fingerprint density at radius 1 is 1.12 bits per heavy atom. The highest BCUT2D eigenvalue weighted by atomic mass is 79.9. The molecule has 0 radical (unpaired) electrons. The first-order chi connectivity index (χ1) is 16.0. The molecule has 4 rings (SSSR count). The van der Waals surface area contributed by atoms with Gasteiger partial charge in [0.1, 0.15) is 0 Å². The Labute approximate surface area is 200 Å². The summed E-state index contributed by atoms with van der Waals surface area (Å²) < 4.78 is 13.6. The van der Waals surface area contributed by atoms with Gasteiger partial charge in [-0.1, -0.05) is 49.4 Å². The van der Waals surface area contributed by atoms with Crippen LogP contribution in [0, 0.1) is 0 Å². The van der Waals surface area contributed by atoms with E-state index in [0.29, 0.717) is 28.2 Å². The molecule has 168 valence electrons.